The molecule has 0 saturated carbocycles. The summed E-state index contributed by atoms with van der Waals surface area (Å²) in [6.07, 6.45) is 1.79. The molecule has 0 atom stereocenters. The van der Waals surface area contributed by atoms with Gasteiger partial charge in [-0.3, -0.25) is 4.98 Å². The topological polar surface area (TPSA) is 12.9 Å². The van der Waals surface area contributed by atoms with E-state index < -0.39 is 0 Å². The summed E-state index contributed by atoms with van der Waals surface area (Å²) >= 11 is 6.90. The van der Waals surface area contributed by atoms with Crippen molar-refractivity contribution in [1.82, 2.24) is 4.98 Å². The highest BCUT2D eigenvalue weighted by atomic mass is 79.9. The number of aromatic nitrogens is 1. The van der Waals surface area contributed by atoms with Gasteiger partial charge in [-0.1, -0.05) is 12.1 Å². The predicted octanol–water partition coefficient (Wildman–Crippen LogP) is 3.76. The zero-order valence-corrected chi connectivity index (χ0v) is 9.26. The molecule has 0 aliphatic heterocycles. The van der Waals surface area contributed by atoms with Crippen LogP contribution in [0.1, 0.15) is 0 Å². The first-order chi connectivity index (χ1) is 5.79. The van der Waals surface area contributed by atoms with Crippen molar-refractivity contribution in [3.63, 3.8) is 0 Å². The van der Waals surface area contributed by atoms with Gasteiger partial charge in [-0.05, 0) is 44.0 Å². The molecule has 0 aliphatic rings. The standard InChI is InChI=1S/C9H5Br2N/c10-7-4-3-6-2-1-5-12-9(6)8(7)11/h1-5H. The van der Waals surface area contributed by atoms with Crippen LogP contribution in [0.4, 0.5) is 0 Å². The van der Waals surface area contributed by atoms with E-state index in [-0.39, 0.29) is 0 Å². The third-order valence-electron chi connectivity index (χ3n) is 1.67. The minimum Gasteiger partial charge on any atom is -0.255 e. The van der Waals surface area contributed by atoms with Gasteiger partial charge in [0.15, 0.2) is 0 Å². The van der Waals surface area contributed by atoms with Crippen LogP contribution in [0, 0.1) is 0 Å². The molecule has 0 saturated heterocycles. The van der Waals surface area contributed by atoms with Crippen LogP contribution in [-0.2, 0) is 0 Å². The van der Waals surface area contributed by atoms with Gasteiger partial charge in [0.05, 0.1) is 9.99 Å². The first-order valence-corrected chi connectivity index (χ1v) is 5.06. The minimum absolute atomic E-state index is 0.992. The number of rotatable bonds is 0. The molecule has 0 aliphatic carbocycles. The second kappa shape index (κ2) is 3.15. The molecule has 0 unspecified atom stereocenters. The Labute approximate surface area is 87.1 Å². The molecule has 2 rings (SSSR count). The average molecular weight is 287 g/mol. The summed E-state index contributed by atoms with van der Waals surface area (Å²) in [6.45, 7) is 0. The van der Waals surface area contributed by atoms with E-state index in [9.17, 15) is 0 Å². The summed E-state index contributed by atoms with van der Waals surface area (Å²) in [5.74, 6) is 0. The summed E-state index contributed by atoms with van der Waals surface area (Å²) in [5, 5.41) is 1.15. The Balaban J connectivity index is 2.91. The molecule has 0 radical (unpaired) electrons. The Morgan fingerprint density at radius 2 is 1.92 bits per heavy atom. The van der Waals surface area contributed by atoms with Crippen molar-refractivity contribution in [2.75, 3.05) is 0 Å². The van der Waals surface area contributed by atoms with E-state index in [1.165, 1.54) is 0 Å². The van der Waals surface area contributed by atoms with Gasteiger partial charge in [0.2, 0.25) is 0 Å². The Kier molecular flexibility index (Phi) is 2.15. The van der Waals surface area contributed by atoms with Crippen LogP contribution in [0.2, 0.25) is 0 Å². The number of hydrogen-bond donors (Lipinski definition) is 0. The predicted molar refractivity (Wildman–Crippen MR) is 57.1 cm³/mol. The molecule has 1 aromatic heterocycles. The number of pyridine rings is 1. The van der Waals surface area contributed by atoms with E-state index in [1.807, 2.05) is 24.3 Å². The quantitative estimate of drug-likeness (QED) is 0.719. The normalized spacial score (nSPS) is 10.5. The summed E-state index contributed by atoms with van der Waals surface area (Å²) < 4.78 is 2.05. The lowest BCUT2D eigenvalue weighted by atomic mass is 10.2. The van der Waals surface area contributed by atoms with Crippen LogP contribution in [0.3, 0.4) is 0 Å². The van der Waals surface area contributed by atoms with Gasteiger partial charge in [-0.15, -0.1) is 0 Å². The summed E-state index contributed by atoms with van der Waals surface area (Å²) in [7, 11) is 0. The van der Waals surface area contributed by atoms with Gasteiger partial charge in [-0.2, -0.15) is 0 Å². The second-order valence-corrected chi connectivity index (χ2v) is 4.08. The second-order valence-electron chi connectivity index (χ2n) is 2.44. The zero-order chi connectivity index (χ0) is 8.55. The lowest BCUT2D eigenvalue weighted by Crippen LogP contribution is -1.79. The Morgan fingerprint density at radius 1 is 1.08 bits per heavy atom. The van der Waals surface area contributed by atoms with E-state index >= 15 is 0 Å². The number of hydrogen-bond acceptors (Lipinski definition) is 1. The lowest BCUT2D eigenvalue weighted by molar-refractivity contribution is 1.39. The molecule has 1 nitrogen and oxygen atoms in total. The van der Waals surface area contributed by atoms with Crippen molar-refractivity contribution in [3.05, 3.63) is 39.4 Å². The fourth-order valence-corrected chi connectivity index (χ4v) is 1.87. The third-order valence-corrected chi connectivity index (χ3v) is 3.66. The molecule has 1 heterocycles. The van der Waals surface area contributed by atoms with Gasteiger partial charge < -0.3 is 0 Å². The van der Waals surface area contributed by atoms with Gasteiger partial charge in [0.25, 0.3) is 0 Å². The van der Waals surface area contributed by atoms with E-state index in [1.54, 1.807) is 6.20 Å². The molecule has 12 heavy (non-hydrogen) atoms. The fraction of sp³-hybridized carbons (Fsp3) is 0. The van der Waals surface area contributed by atoms with E-state index in [2.05, 4.69) is 36.8 Å². The molecule has 0 amide bonds. The Morgan fingerprint density at radius 3 is 2.75 bits per heavy atom. The lowest BCUT2D eigenvalue weighted by Gasteiger charge is -2.00. The van der Waals surface area contributed by atoms with Crippen LogP contribution in [-0.4, -0.2) is 4.98 Å². The van der Waals surface area contributed by atoms with E-state index in [4.69, 9.17) is 0 Å². The first-order valence-electron chi connectivity index (χ1n) is 3.48. The number of halogens is 2. The van der Waals surface area contributed by atoms with Gasteiger partial charge in [0.1, 0.15) is 0 Å². The SMILES string of the molecule is Brc1ccc2cccnc2c1Br. The van der Waals surface area contributed by atoms with Crippen molar-refractivity contribution in [2.45, 2.75) is 0 Å². The molecule has 2 aromatic rings. The number of nitrogens with zero attached hydrogens (tertiary/aromatic N) is 1. The van der Waals surface area contributed by atoms with Crippen molar-refractivity contribution in [3.8, 4) is 0 Å². The molecule has 0 spiro atoms. The van der Waals surface area contributed by atoms with Crippen LogP contribution in [0.5, 0.6) is 0 Å². The molecule has 60 valence electrons. The third kappa shape index (κ3) is 1.27. The fourth-order valence-electron chi connectivity index (χ4n) is 1.08. The number of fused-ring (bicyclic) bond motifs is 1. The molecule has 0 fully saturated rings. The smallest absolute Gasteiger partial charge is 0.0855 e. The molecule has 3 heteroatoms. The summed E-state index contributed by atoms with van der Waals surface area (Å²) in [6, 6.07) is 8.02. The maximum Gasteiger partial charge on any atom is 0.0855 e. The monoisotopic (exact) mass is 285 g/mol. The Hall–Kier alpha value is -0.410. The largest absolute Gasteiger partial charge is 0.255 e. The first kappa shape index (κ1) is 8.20. The summed E-state index contributed by atoms with van der Waals surface area (Å²) in [5.41, 5.74) is 0.992. The van der Waals surface area contributed by atoms with Crippen molar-refractivity contribution < 1.29 is 0 Å². The maximum atomic E-state index is 4.26. The molecular weight excluding hydrogens is 282 g/mol. The molecule has 0 N–H and O–H groups in total. The highest BCUT2D eigenvalue weighted by molar-refractivity contribution is 9.13. The van der Waals surface area contributed by atoms with E-state index in [0.717, 1.165) is 19.8 Å². The van der Waals surface area contributed by atoms with Gasteiger partial charge in [0, 0.05) is 16.1 Å². The molecule has 1 aromatic carbocycles. The maximum absolute atomic E-state index is 4.26. The van der Waals surface area contributed by atoms with Crippen molar-refractivity contribution in [1.29, 1.82) is 0 Å². The van der Waals surface area contributed by atoms with Crippen molar-refractivity contribution in [2.24, 2.45) is 0 Å². The highest BCUT2D eigenvalue weighted by Gasteiger charge is 2.01. The van der Waals surface area contributed by atoms with Crippen LogP contribution in [0.15, 0.2) is 39.4 Å². The van der Waals surface area contributed by atoms with Gasteiger partial charge in [-0.25, -0.2) is 0 Å². The number of benzene rings is 1. The molecule has 0 bridgehead atoms. The van der Waals surface area contributed by atoms with E-state index in [0.29, 0.717) is 0 Å². The highest BCUT2D eigenvalue weighted by Crippen LogP contribution is 2.29. The van der Waals surface area contributed by atoms with Crippen LogP contribution >= 0.6 is 31.9 Å². The Bertz CT molecular complexity index is 426. The zero-order valence-electron chi connectivity index (χ0n) is 6.09. The van der Waals surface area contributed by atoms with Gasteiger partial charge >= 0.3 is 0 Å². The average Bonchev–Trinajstić information content (AvgIpc) is 2.12. The minimum atomic E-state index is 0.992. The summed E-state index contributed by atoms with van der Waals surface area (Å²) in [4.78, 5) is 4.26. The van der Waals surface area contributed by atoms with Crippen LogP contribution < -0.4 is 0 Å². The molecular formula is C9H5Br2N. The van der Waals surface area contributed by atoms with Crippen LogP contribution in [0.25, 0.3) is 10.9 Å². The van der Waals surface area contributed by atoms with Crippen molar-refractivity contribution >= 4 is 42.8 Å².